The van der Waals surface area contributed by atoms with Crippen molar-refractivity contribution in [2.24, 2.45) is 0 Å². The number of nitrogens with zero attached hydrogens (tertiary/aromatic N) is 6. The van der Waals surface area contributed by atoms with E-state index in [1.165, 1.54) is 12.0 Å². The molecule has 1 aliphatic rings. The second-order valence-electron chi connectivity index (χ2n) is 9.16. The zero-order chi connectivity index (χ0) is 28.5. The van der Waals surface area contributed by atoms with Gasteiger partial charge in [-0.05, 0) is 35.4 Å². The highest BCUT2D eigenvalue weighted by Gasteiger charge is 2.22. The number of carbonyl (C=O) groups is 2. The standard InChI is InChI=1S/C27H31N9O4/c1-29-24-32-25(30-21-5-3-4-20(14-21)17-35-10-12-36(13-11-35)27(38)39)34-26(33-24)31-22(23(37)40-2)15-18-6-8-19(16-28)9-7-18/h3-9,14,22H,10-13,15,17H2,1-2H3,(H,38,39)(H3,29,30,31,32,33,34). The van der Waals surface area contributed by atoms with Crippen molar-refractivity contribution in [2.45, 2.75) is 19.0 Å². The number of carbonyl (C=O) groups excluding carboxylic acids is 1. The van der Waals surface area contributed by atoms with E-state index in [0.717, 1.165) is 16.8 Å². The van der Waals surface area contributed by atoms with Gasteiger partial charge in [-0.2, -0.15) is 20.2 Å². The molecule has 0 bridgehead atoms. The average molecular weight is 546 g/mol. The van der Waals surface area contributed by atoms with Crippen LogP contribution in [0.1, 0.15) is 16.7 Å². The smallest absolute Gasteiger partial charge is 0.407 e. The van der Waals surface area contributed by atoms with Crippen LogP contribution >= 0.6 is 0 Å². The summed E-state index contributed by atoms with van der Waals surface area (Å²) in [5.41, 5.74) is 3.19. The Morgan fingerprint density at radius 1 is 1.02 bits per heavy atom. The van der Waals surface area contributed by atoms with Gasteiger partial charge in [0.2, 0.25) is 17.8 Å². The van der Waals surface area contributed by atoms with Gasteiger partial charge in [0.1, 0.15) is 6.04 Å². The maximum atomic E-state index is 12.6. The van der Waals surface area contributed by atoms with Crippen LogP contribution in [0.3, 0.4) is 0 Å². The van der Waals surface area contributed by atoms with Gasteiger partial charge in [0.25, 0.3) is 0 Å². The molecule has 0 aliphatic carbocycles. The van der Waals surface area contributed by atoms with E-state index >= 15 is 0 Å². The Balaban J connectivity index is 1.46. The number of hydrogen-bond acceptors (Lipinski definition) is 11. The lowest BCUT2D eigenvalue weighted by molar-refractivity contribution is -0.141. The van der Waals surface area contributed by atoms with Crippen molar-refractivity contribution in [3.8, 4) is 6.07 Å². The number of benzene rings is 2. The molecule has 208 valence electrons. The van der Waals surface area contributed by atoms with Gasteiger partial charge < -0.3 is 30.7 Å². The summed E-state index contributed by atoms with van der Waals surface area (Å²) in [7, 11) is 3.00. The van der Waals surface area contributed by atoms with Gasteiger partial charge in [0.05, 0.1) is 18.7 Å². The highest BCUT2D eigenvalue weighted by molar-refractivity contribution is 5.79. The van der Waals surface area contributed by atoms with Crippen LogP contribution in [0.5, 0.6) is 0 Å². The van der Waals surface area contributed by atoms with E-state index in [4.69, 9.17) is 15.1 Å². The highest BCUT2D eigenvalue weighted by Crippen LogP contribution is 2.20. The minimum absolute atomic E-state index is 0.179. The minimum Gasteiger partial charge on any atom is -0.467 e. The first kappa shape index (κ1) is 28.1. The van der Waals surface area contributed by atoms with Gasteiger partial charge in [0.15, 0.2) is 0 Å². The van der Waals surface area contributed by atoms with Crippen molar-refractivity contribution in [1.29, 1.82) is 5.26 Å². The normalized spacial score (nSPS) is 14.1. The molecule has 4 rings (SSSR count). The summed E-state index contributed by atoms with van der Waals surface area (Å²) >= 11 is 0. The van der Waals surface area contributed by atoms with Crippen LogP contribution < -0.4 is 16.0 Å². The molecule has 0 saturated carbocycles. The van der Waals surface area contributed by atoms with Gasteiger partial charge in [-0.3, -0.25) is 4.90 Å². The third-order valence-electron chi connectivity index (χ3n) is 6.40. The molecular formula is C27H31N9O4. The van der Waals surface area contributed by atoms with Crippen molar-refractivity contribution < 1.29 is 19.4 Å². The van der Waals surface area contributed by atoms with Gasteiger partial charge in [-0.1, -0.05) is 24.3 Å². The monoisotopic (exact) mass is 545 g/mol. The molecule has 4 N–H and O–H groups in total. The Labute approximate surface area is 231 Å². The van der Waals surface area contributed by atoms with E-state index in [-0.39, 0.29) is 11.9 Å². The molecule has 0 spiro atoms. The molecule has 1 atom stereocenters. The van der Waals surface area contributed by atoms with Crippen LogP contribution in [0, 0.1) is 11.3 Å². The van der Waals surface area contributed by atoms with E-state index in [1.54, 1.807) is 31.3 Å². The van der Waals surface area contributed by atoms with Crippen LogP contribution in [0.2, 0.25) is 0 Å². The van der Waals surface area contributed by atoms with E-state index in [1.807, 2.05) is 24.3 Å². The summed E-state index contributed by atoms with van der Waals surface area (Å²) in [5.74, 6) is 0.269. The fourth-order valence-electron chi connectivity index (χ4n) is 4.28. The molecule has 40 heavy (non-hydrogen) atoms. The second-order valence-corrected chi connectivity index (χ2v) is 9.16. The summed E-state index contributed by atoms with van der Waals surface area (Å²) in [6.07, 6.45) is -0.588. The summed E-state index contributed by atoms with van der Waals surface area (Å²) < 4.78 is 4.99. The Morgan fingerprint density at radius 3 is 2.38 bits per heavy atom. The Kier molecular flexibility index (Phi) is 9.27. The van der Waals surface area contributed by atoms with Crippen molar-refractivity contribution >= 4 is 35.6 Å². The molecular weight excluding hydrogens is 514 g/mol. The Hall–Kier alpha value is -4.96. The quantitative estimate of drug-likeness (QED) is 0.275. The number of hydrogen-bond donors (Lipinski definition) is 4. The predicted octanol–water partition coefficient (Wildman–Crippen LogP) is 2.52. The van der Waals surface area contributed by atoms with Crippen molar-refractivity contribution in [2.75, 3.05) is 56.3 Å². The first-order valence-electron chi connectivity index (χ1n) is 12.7. The molecule has 1 saturated heterocycles. The number of ether oxygens (including phenoxy) is 1. The van der Waals surface area contributed by atoms with Gasteiger partial charge in [0, 0.05) is 51.9 Å². The lowest BCUT2D eigenvalue weighted by Gasteiger charge is -2.33. The number of methoxy groups -OCH3 is 1. The average Bonchev–Trinajstić information content (AvgIpc) is 2.97. The first-order chi connectivity index (χ1) is 19.4. The fraction of sp³-hybridized carbons (Fsp3) is 0.333. The van der Waals surface area contributed by atoms with Gasteiger partial charge in [-0.25, -0.2) is 9.59 Å². The molecule has 1 fully saturated rings. The summed E-state index contributed by atoms with van der Waals surface area (Å²) in [5, 5.41) is 27.4. The fourth-order valence-corrected chi connectivity index (χ4v) is 4.28. The van der Waals surface area contributed by atoms with E-state index in [0.29, 0.717) is 50.7 Å². The summed E-state index contributed by atoms with van der Waals surface area (Å²) in [6, 6.07) is 16.1. The minimum atomic E-state index is -0.884. The number of carboxylic acid groups (broad SMARTS) is 1. The molecule has 2 aromatic carbocycles. The molecule has 3 aromatic rings. The molecule has 1 aromatic heterocycles. The lowest BCUT2D eigenvalue weighted by atomic mass is 10.0. The maximum absolute atomic E-state index is 12.6. The summed E-state index contributed by atoms with van der Waals surface area (Å²) in [6.45, 7) is 2.99. The third kappa shape index (κ3) is 7.55. The number of nitrogens with one attached hydrogen (secondary N) is 3. The first-order valence-corrected chi connectivity index (χ1v) is 12.7. The number of rotatable bonds is 10. The molecule has 1 unspecified atom stereocenters. The van der Waals surface area contributed by atoms with Crippen LogP contribution in [0.25, 0.3) is 0 Å². The Bertz CT molecular complexity index is 1370. The SMILES string of the molecule is CNc1nc(Nc2cccc(CN3CCN(C(=O)O)CC3)c2)nc(NC(Cc2ccc(C#N)cc2)C(=O)OC)n1. The van der Waals surface area contributed by atoms with Gasteiger partial charge >= 0.3 is 12.1 Å². The molecule has 1 amide bonds. The van der Waals surface area contributed by atoms with E-state index in [2.05, 4.69) is 41.9 Å². The van der Waals surface area contributed by atoms with Crippen LogP contribution in [-0.4, -0.2) is 88.3 Å². The predicted molar refractivity (Wildman–Crippen MR) is 148 cm³/mol. The van der Waals surface area contributed by atoms with E-state index < -0.39 is 18.1 Å². The number of esters is 1. The largest absolute Gasteiger partial charge is 0.467 e. The van der Waals surface area contributed by atoms with Crippen molar-refractivity contribution in [1.82, 2.24) is 24.8 Å². The zero-order valence-electron chi connectivity index (χ0n) is 22.3. The zero-order valence-corrected chi connectivity index (χ0v) is 22.3. The van der Waals surface area contributed by atoms with Gasteiger partial charge in [-0.15, -0.1) is 0 Å². The molecule has 0 radical (unpaired) electrons. The Morgan fingerprint density at radius 2 is 1.73 bits per heavy atom. The number of aromatic nitrogens is 3. The van der Waals surface area contributed by atoms with Crippen molar-refractivity contribution in [3.63, 3.8) is 0 Å². The number of nitriles is 1. The highest BCUT2D eigenvalue weighted by atomic mass is 16.5. The molecule has 13 heteroatoms. The van der Waals surface area contributed by atoms with Crippen LogP contribution in [-0.2, 0) is 22.5 Å². The van der Waals surface area contributed by atoms with Crippen molar-refractivity contribution in [3.05, 3.63) is 65.2 Å². The molecule has 2 heterocycles. The van der Waals surface area contributed by atoms with E-state index in [9.17, 15) is 9.59 Å². The number of anilines is 4. The molecule has 1 aliphatic heterocycles. The number of amides is 1. The van der Waals surface area contributed by atoms with Crippen LogP contribution in [0.15, 0.2) is 48.5 Å². The number of piperazine rings is 1. The third-order valence-corrected chi connectivity index (χ3v) is 6.40. The second kappa shape index (κ2) is 13.2. The molecule has 13 nitrogen and oxygen atoms in total. The maximum Gasteiger partial charge on any atom is 0.407 e. The van der Waals surface area contributed by atoms with Crippen LogP contribution in [0.4, 0.5) is 28.3 Å². The lowest BCUT2D eigenvalue weighted by Crippen LogP contribution is -2.47. The summed E-state index contributed by atoms with van der Waals surface area (Å²) in [4.78, 5) is 40.5. The topological polar surface area (TPSA) is 169 Å².